The minimum Gasteiger partial charge on any atom is -0.313 e. The number of thioether (sulfide) groups is 1. The molecule has 0 radical (unpaired) electrons. The lowest BCUT2D eigenvalue weighted by molar-refractivity contribution is 0.581. The molecule has 2 aromatic rings. The first kappa shape index (κ1) is 13.0. The van der Waals surface area contributed by atoms with Gasteiger partial charge in [-0.3, -0.25) is 0 Å². The smallest absolute Gasteiger partial charge is 0.190 e. The van der Waals surface area contributed by atoms with E-state index in [1.165, 1.54) is 0 Å². The molecule has 0 saturated carbocycles. The highest BCUT2D eigenvalue weighted by Gasteiger charge is 2.07. The Balaban J connectivity index is 1.76. The predicted octanol–water partition coefficient (Wildman–Crippen LogP) is -0.297. The SMILES string of the molecule is CNCc1nnc(SCCCn2cnnn2)n1C. The molecule has 0 fully saturated rings. The second kappa shape index (κ2) is 6.45. The lowest BCUT2D eigenvalue weighted by atomic mass is 10.5. The minimum atomic E-state index is 0.731. The maximum atomic E-state index is 4.16. The largest absolute Gasteiger partial charge is 0.313 e. The summed E-state index contributed by atoms with van der Waals surface area (Å²) in [6.07, 6.45) is 2.61. The van der Waals surface area contributed by atoms with E-state index in [0.29, 0.717) is 0 Å². The van der Waals surface area contributed by atoms with E-state index in [1.807, 2.05) is 18.7 Å². The first-order valence-electron chi connectivity index (χ1n) is 5.67. The molecule has 0 aromatic carbocycles. The summed E-state index contributed by atoms with van der Waals surface area (Å²) >= 11 is 1.70. The van der Waals surface area contributed by atoms with Gasteiger partial charge in [-0.1, -0.05) is 11.8 Å². The van der Waals surface area contributed by atoms with Crippen LogP contribution in [0.3, 0.4) is 0 Å². The van der Waals surface area contributed by atoms with Crippen LogP contribution < -0.4 is 5.32 Å². The van der Waals surface area contributed by atoms with Crippen molar-refractivity contribution >= 4 is 11.8 Å². The van der Waals surface area contributed by atoms with Crippen LogP contribution in [0.2, 0.25) is 0 Å². The van der Waals surface area contributed by atoms with Gasteiger partial charge in [0, 0.05) is 19.3 Å². The third-order valence-electron chi connectivity index (χ3n) is 2.41. The van der Waals surface area contributed by atoms with E-state index in [-0.39, 0.29) is 0 Å². The molecule has 0 atom stereocenters. The van der Waals surface area contributed by atoms with E-state index < -0.39 is 0 Å². The molecule has 1 N–H and O–H groups in total. The molecule has 0 saturated heterocycles. The third-order valence-corrected chi connectivity index (χ3v) is 3.52. The molecular weight excluding hydrogens is 252 g/mol. The first-order chi connectivity index (χ1) is 8.81. The molecule has 18 heavy (non-hydrogen) atoms. The van der Waals surface area contributed by atoms with Gasteiger partial charge in [-0.25, -0.2) is 4.68 Å². The van der Waals surface area contributed by atoms with Crippen molar-refractivity contribution < 1.29 is 0 Å². The zero-order chi connectivity index (χ0) is 12.8. The molecule has 2 rings (SSSR count). The van der Waals surface area contributed by atoms with Crippen LogP contribution >= 0.6 is 11.8 Å². The van der Waals surface area contributed by atoms with E-state index in [9.17, 15) is 0 Å². The molecule has 2 heterocycles. The minimum absolute atomic E-state index is 0.731. The second-order valence-corrected chi connectivity index (χ2v) is 4.83. The van der Waals surface area contributed by atoms with Crippen LogP contribution in [0, 0.1) is 0 Å². The summed E-state index contributed by atoms with van der Waals surface area (Å²) in [6, 6.07) is 0. The number of aryl methyl sites for hydroxylation is 1. The Morgan fingerprint density at radius 3 is 3.00 bits per heavy atom. The van der Waals surface area contributed by atoms with Crippen molar-refractivity contribution in [3.05, 3.63) is 12.2 Å². The molecule has 0 spiro atoms. The van der Waals surface area contributed by atoms with Crippen LogP contribution in [0.4, 0.5) is 0 Å². The zero-order valence-corrected chi connectivity index (χ0v) is 11.3. The number of hydrogen-bond acceptors (Lipinski definition) is 7. The Hall–Kier alpha value is -1.48. The summed E-state index contributed by atoms with van der Waals surface area (Å²) in [5.74, 6) is 1.91. The summed E-state index contributed by atoms with van der Waals surface area (Å²) in [7, 11) is 3.88. The molecule has 8 nitrogen and oxygen atoms in total. The Morgan fingerprint density at radius 2 is 2.28 bits per heavy atom. The first-order valence-corrected chi connectivity index (χ1v) is 6.66. The highest BCUT2D eigenvalue weighted by atomic mass is 32.2. The van der Waals surface area contributed by atoms with Crippen molar-refractivity contribution in [2.24, 2.45) is 7.05 Å². The molecule has 0 amide bonds. The zero-order valence-electron chi connectivity index (χ0n) is 10.4. The standard InChI is InChI=1S/C9H16N8S/c1-10-6-8-12-13-9(16(8)2)18-5-3-4-17-7-11-14-15-17/h7,10H,3-6H2,1-2H3. The van der Waals surface area contributed by atoms with Crippen LogP contribution in [0.1, 0.15) is 12.2 Å². The lowest BCUT2D eigenvalue weighted by Crippen LogP contribution is -2.10. The quantitative estimate of drug-likeness (QED) is 0.545. The molecule has 98 valence electrons. The Labute approximate surface area is 109 Å². The fourth-order valence-electron chi connectivity index (χ4n) is 1.46. The van der Waals surface area contributed by atoms with E-state index in [2.05, 4.69) is 31.0 Å². The molecule has 0 bridgehead atoms. The van der Waals surface area contributed by atoms with Gasteiger partial charge in [0.25, 0.3) is 0 Å². The molecular formula is C9H16N8S. The molecule has 0 aliphatic heterocycles. The summed E-state index contributed by atoms with van der Waals surface area (Å²) < 4.78 is 3.74. The van der Waals surface area contributed by atoms with Crippen LogP contribution in [0.5, 0.6) is 0 Å². The lowest BCUT2D eigenvalue weighted by Gasteiger charge is -2.03. The molecule has 0 aliphatic carbocycles. The van der Waals surface area contributed by atoms with Crippen molar-refractivity contribution in [2.75, 3.05) is 12.8 Å². The maximum Gasteiger partial charge on any atom is 0.190 e. The highest BCUT2D eigenvalue weighted by Crippen LogP contribution is 2.16. The Kier molecular flexibility index (Phi) is 4.65. The summed E-state index contributed by atoms with van der Waals surface area (Å²) in [4.78, 5) is 0. The molecule has 9 heteroatoms. The average molecular weight is 268 g/mol. The van der Waals surface area contributed by atoms with Gasteiger partial charge in [-0.15, -0.1) is 15.3 Å². The summed E-state index contributed by atoms with van der Waals surface area (Å²) in [5.41, 5.74) is 0. The number of nitrogens with zero attached hydrogens (tertiary/aromatic N) is 7. The van der Waals surface area contributed by atoms with E-state index in [1.54, 1.807) is 22.8 Å². The average Bonchev–Trinajstić information content (AvgIpc) is 2.98. The Bertz CT molecular complexity index is 465. The van der Waals surface area contributed by atoms with Crippen molar-refractivity contribution in [3.63, 3.8) is 0 Å². The van der Waals surface area contributed by atoms with Gasteiger partial charge >= 0.3 is 0 Å². The van der Waals surface area contributed by atoms with Crippen LogP contribution in [0.25, 0.3) is 0 Å². The predicted molar refractivity (Wildman–Crippen MR) is 66.9 cm³/mol. The third kappa shape index (κ3) is 3.26. The van der Waals surface area contributed by atoms with Gasteiger partial charge in [0.1, 0.15) is 12.2 Å². The fourth-order valence-corrected chi connectivity index (χ4v) is 2.31. The van der Waals surface area contributed by atoms with Gasteiger partial charge in [-0.2, -0.15) is 0 Å². The summed E-state index contributed by atoms with van der Waals surface area (Å²) in [6.45, 7) is 1.55. The van der Waals surface area contributed by atoms with Crippen molar-refractivity contribution in [2.45, 2.75) is 24.7 Å². The highest BCUT2D eigenvalue weighted by molar-refractivity contribution is 7.99. The number of tetrazole rings is 1. The second-order valence-electron chi connectivity index (χ2n) is 3.76. The van der Waals surface area contributed by atoms with E-state index in [0.717, 1.165) is 36.2 Å². The number of hydrogen-bond donors (Lipinski definition) is 1. The van der Waals surface area contributed by atoms with Crippen molar-refractivity contribution in [1.82, 2.24) is 40.3 Å². The monoisotopic (exact) mass is 268 g/mol. The molecule has 0 unspecified atom stereocenters. The number of nitrogens with one attached hydrogen (secondary N) is 1. The number of aromatic nitrogens is 7. The fraction of sp³-hybridized carbons (Fsp3) is 0.667. The van der Waals surface area contributed by atoms with Gasteiger partial charge < -0.3 is 9.88 Å². The van der Waals surface area contributed by atoms with Crippen molar-refractivity contribution in [3.8, 4) is 0 Å². The molecule has 2 aromatic heterocycles. The van der Waals surface area contributed by atoms with Crippen molar-refractivity contribution in [1.29, 1.82) is 0 Å². The van der Waals surface area contributed by atoms with Gasteiger partial charge in [0.15, 0.2) is 5.16 Å². The van der Waals surface area contributed by atoms with E-state index >= 15 is 0 Å². The van der Waals surface area contributed by atoms with Gasteiger partial charge in [-0.05, 0) is 23.9 Å². The van der Waals surface area contributed by atoms with Crippen LogP contribution in [-0.2, 0) is 20.1 Å². The topological polar surface area (TPSA) is 86.3 Å². The van der Waals surface area contributed by atoms with Gasteiger partial charge in [0.2, 0.25) is 0 Å². The number of rotatable bonds is 7. The summed E-state index contributed by atoms with van der Waals surface area (Å²) in [5, 5.41) is 23.3. The normalized spacial score (nSPS) is 11.0. The van der Waals surface area contributed by atoms with Crippen LogP contribution in [0.15, 0.2) is 11.5 Å². The van der Waals surface area contributed by atoms with Crippen LogP contribution in [-0.4, -0.2) is 47.8 Å². The van der Waals surface area contributed by atoms with E-state index in [4.69, 9.17) is 0 Å². The molecule has 0 aliphatic rings. The Morgan fingerprint density at radius 1 is 1.39 bits per heavy atom. The maximum absolute atomic E-state index is 4.16. The van der Waals surface area contributed by atoms with Gasteiger partial charge in [0.05, 0.1) is 6.54 Å².